The largest absolute Gasteiger partial charge is 0.489 e. The van der Waals surface area contributed by atoms with Crippen LogP contribution in [0.2, 0.25) is 0 Å². The maximum absolute atomic E-state index is 12.5. The molecule has 1 amide bonds. The lowest BCUT2D eigenvalue weighted by Gasteiger charge is -2.20. The number of halogens is 3. The Morgan fingerprint density at radius 2 is 1.96 bits per heavy atom. The third-order valence-electron chi connectivity index (χ3n) is 3.46. The van der Waals surface area contributed by atoms with E-state index in [-0.39, 0.29) is 6.54 Å². The molecule has 4 nitrogen and oxygen atoms in total. The van der Waals surface area contributed by atoms with Crippen molar-refractivity contribution in [3.05, 3.63) is 78.6 Å². The number of alkyl halides is 3. The highest BCUT2D eigenvalue weighted by atomic mass is 19.4. The standard InChI is InChI=1S/C20H19F3N2O2/c1-2-12-25(15-20(21,22)23)19(26)10-7-16-5-8-18(9-6-16)27-14-17-4-3-11-24-13-17/h2-11,13H,1,12,14-15H2/b10-7+. The van der Waals surface area contributed by atoms with E-state index < -0.39 is 18.6 Å². The minimum absolute atomic E-state index is 0.177. The molecule has 27 heavy (non-hydrogen) atoms. The molecular weight excluding hydrogens is 357 g/mol. The Hall–Kier alpha value is -3.09. The number of nitrogens with zero attached hydrogens (tertiary/aromatic N) is 2. The van der Waals surface area contributed by atoms with Crippen LogP contribution in [0.3, 0.4) is 0 Å². The molecular formula is C20H19F3N2O2. The van der Waals surface area contributed by atoms with E-state index in [1.165, 1.54) is 12.2 Å². The number of pyridine rings is 1. The maximum Gasteiger partial charge on any atom is 0.406 e. The van der Waals surface area contributed by atoms with Gasteiger partial charge in [0.2, 0.25) is 5.91 Å². The van der Waals surface area contributed by atoms with E-state index in [0.29, 0.717) is 22.8 Å². The molecule has 0 saturated carbocycles. The summed E-state index contributed by atoms with van der Waals surface area (Å²) in [6, 6.07) is 10.6. The van der Waals surface area contributed by atoms with Crippen LogP contribution >= 0.6 is 0 Å². The van der Waals surface area contributed by atoms with Gasteiger partial charge in [-0.2, -0.15) is 13.2 Å². The van der Waals surface area contributed by atoms with Gasteiger partial charge in [-0.25, -0.2) is 0 Å². The Kier molecular flexibility index (Phi) is 7.16. The fourth-order valence-electron chi connectivity index (χ4n) is 2.20. The summed E-state index contributed by atoms with van der Waals surface area (Å²) in [4.78, 5) is 16.6. The fourth-order valence-corrected chi connectivity index (χ4v) is 2.20. The molecule has 0 unspecified atom stereocenters. The first kappa shape index (κ1) is 20.2. The number of carbonyl (C=O) groups is 1. The first-order valence-corrected chi connectivity index (χ1v) is 8.14. The minimum atomic E-state index is -4.46. The SMILES string of the molecule is C=CCN(CC(F)(F)F)C(=O)/C=C/c1ccc(OCc2cccnc2)cc1. The number of hydrogen-bond acceptors (Lipinski definition) is 3. The monoisotopic (exact) mass is 376 g/mol. The van der Waals surface area contributed by atoms with E-state index >= 15 is 0 Å². The molecule has 0 saturated heterocycles. The molecule has 0 atom stereocenters. The first-order valence-electron chi connectivity index (χ1n) is 8.14. The molecule has 0 N–H and O–H groups in total. The molecule has 7 heteroatoms. The molecule has 0 spiro atoms. The maximum atomic E-state index is 12.5. The van der Waals surface area contributed by atoms with Gasteiger partial charge in [0.25, 0.3) is 0 Å². The van der Waals surface area contributed by atoms with Crippen LogP contribution in [0.15, 0.2) is 67.5 Å². The number of ether oxygens (including phenoxy) is 1. The molecule has 1 aromatic heterocycles. The van der Waals surface area contributed by atoms with E-state index in [9.17, 15) is 18.0 Å². The minimum Gasteiger partial charge on any atom is -0.489 e. The quantitative estimate of drug-likeness (QED) is 0.511. The summed E-state index contributed by atoms with van der Waals surface area (Å²) in [6.45, 7) is 2.25. The van der Waals surface area contributed by atoms with Gasteiger partial charge in [0.15, 0.2) is 0 Å². The lowest BCUT2D eigenvalue weighted by atomic mass is 10.2. The summed E-state index contributed by atoms with van der Waals surface area (Å²) in [6.07, 6.45) is 2.75. The third kappa shape index (κ3) is 7.35. The van der Waals surface area contributed by atoms with Gasteiger partial charge in [-0.15, -0.1) is 6.58 Å². The van der Waals surface area contributed by atoms with Gasteiger partial charge < -0.3 is 9.64 Å². The Labute approximate surface area is 155 Å². The van der Waals surface area contributed by atoms with Crippen molar-refractivity contribution >= 4 is 12.0 Å². The Bertz CT molecular complexity index is 772. The summed E-state index contributed by atoms with van der Waals surface area (Å²) < 4.78 is 43.2. The highest BCUT2D eigenvalue weighted by Gasteiger charge is 2.31. The van der Waals surface area contributed by atoms with Gasteiger partial charge >= 0.3 is 6.18 Å². The average molecular weight is 376 g/mol. The van der Waals surface area contributed by atoms with Crippen LogP contribution in [0.4, 0.5) is 13.2 Å². The Morgan fingerprint density at radius 3 is 2.56 bits per heavy atom. The fraction of sp³-hybridized carbons (Fsp3) is 0.200. The Balaban J connectivity index is 1.93. The zero-order chi connectivity index (χ0) is 19.7. The zero-order valence-corrected chi connectivity index (χ0v) is 14.5. The third-order valence-corrected chi connectivity index (χ3v) is 3.46. The first-order chi connectivity index (χ1) is 12.9. The van der Waals surface area contributed by atoms with Crippen LogP contribution < -0.4 is 4.74 Å². The molecule has 142 valence electrons. The molecule has 2 aromatic rings. The summed E-state index contributed by atoms with van der Waals surface area (Å²) >= 11 is 0. The smallest absolute Gasteiger partial charge is 0.406 e. The number of carbonyl (C=O) groups excluding carboxylic acids is 1. The average Bonchev–Trinajstić information content (AvgIpc) is 2.65. The molecule has 2 rings (SSSR count). The van der Waals surface area contributed by atoms with Crippen molar-refractivity contribution in [2.45, 2.75) is 12.8 Å². The zero-order valence-electron chi connectivity index (χ0n) is 14.5. The van der Waals surface area contributed by atoms with Crippen LogP contribution in [-0.4, -0.2) is 35.1 Å². The van der Waals surface area contributed by atoms with Crippen molar-refractivity contribution in [2.75, 3.05) is 13.1 Å². The molecule has 0 aliphatic rings. The van der Waals surface area contributed by atoms with Crippen molar-refractivity contribution in [1.29, 1.82) is 0 Å². The predicted molar refractivity (Wildman–Crippen MR) is 96.9 cm³/mol. The van der Waals surface area contributed by atoms with Crippen LogP contribution in [-0.2, 0) is 11.4 Å². The van der Waals surface area contributed by atoms with Crippen LogP contribution in [0.25, 0.3) is 6.08 Å². The second kappa shape index (κ2) is 9.56. The van der Waals surface area contributed by atoms with Crippen molar-refractivity contribution in [3.63, 3.8) is 0 Å². The van der Waals surface area contributed by atoms with Crippen molar-refractivity contribution in [2.24, 2.45) is 0 Å². The molecule has 0 bridgehead atoms. The van der Waals surface area contributed by atoms with E-state index in [1.807, 2.05) is 12.1 Å². The van der Waals surface area contributed by atoms with E-state index in [2.05, 4.69) is 11.6 Å². The number of benzene rings is 1. The number of amides is 1. The van der Waals surface area contributed by atoms with Crippen LogP contribution in [0.5, 0.6) is 5.75 Å². The second-order valence-corrected chi connectivity index (χ2v) is 5.67. The molecule has 1 heterocycles. The van der Waals surface area contributed by atoms with Gasteiger partial charge in [0.1, 0.15) is 18.9 Å². The molecule has 1 aromatic carbocycles. The molecule has 0 aliphatic heterocycles. The molecule has 0 aliphatic carbocycles. The van der Waals surface area contributed by atoms with E-state index in [4.69, 9.17) is 4.74 Å². The second-order valence-electron chi connectivity index (χ2n) is 5.67. The van der Waals surface area contributed by atoms with Crippen molar-refractivity contribution < 1.29 is 22.7 Å². The number of hydrogen-bond donors (Lipinski definition) is 0. The summed E-state index contributed by atoms with van der Waals surface area (Å²) in [5.74, 6) is -0.100. The van der Waals surface area contributed by atoms with Crippen LogP contribution in [0, 0.1) is 0 Å². The Morgan fingerprint density at radius 1 is 1.22 bits per heavy atom. The number of rotatable bonds is 8. The number of aromatic nitrogens is 1. The highest BCUT2D eigenvalue weighted by molar-refractivity contribution is 5.91. The molecule has 0 fully saturated rings. The van der Waals surface area contributed by atoms with E-state index in [0.717, 1.165) is 11.6 Å². The normalized spacial score (nSPS) is 11.4. The molecule has 0 radical (unpaired) electrons. The summed E-state index contributed by atoms with van der Waals surface area (Å²) in [7, 11) is 0. The van der Waals surface area contributed by atoms with Gasteiger partial charge in [-0.3, -0.25) is 9.78 Å². The van der Waals surface area contributed by atoms with Crippen molar-refractivity contribution in [3.8, 4) is 5.75 Å². The summed E-state index contributed by atoms with van der Waals surface area (Å²) in [5.41, 5.74) is 1.60. The van der Waals surface area contributed by atoms with Crippen molar-refractivity contribution in [1.82, 2.24) is 9.88 Å². The van der Waals surface area contributed by atoms with Crippen LogP contribution in [0.1, 0.15) is 11.1 Å². The van der Waals surface area contributed by atoms with E-state index in [1.54, 1.807) is 36.7 Å². The van der Waals surface area contributed by atoms with Gasteiger partial charge in [0.05, 0.1) is 0 Å². The highest BCUT2D eigenvalue weighted by Crippen LogP contribution is 2.18. The van der Waals surface area contributed by atoms with Gasteiger partial charge in [-0.1, -0.05) is 24.3 Å². The summed E-state index contributed by atoms with van der Waals surface area (Å²) in [5, 5.41) is 0. The predicted octanol–water partition coefficient (Wildman–Crippen LogP) is 4.25. The van der Waals surface area contributed by atoms with Gasteiger partial charge in [0, 0.05) is 30.6 Å². The van der Waals surface area contributed by atoms with Gasteiger partial charge in [-0.05, 0) is 29.8 Å². The lowest BCUT2D eigenvalue weighted by molar-refractivity contribution is -0.157. The topological polar surface area (TPSA) is 42.4 Å². The lowest BCUT2D eigenvalue weighted by Crippen LogP contribution is -2.38.